The van der Waals surface area contributed by atoms with E-state index in [9.17, 15) is 0 Å². The van der Waals surface area contributed by atoms with E-state index in [1.807, 2.05) is 12.1 Å². The fourth-order valence-electron chi connectivity index (χ4n) is 2.99. The molecule has 1 aliphatic heterocycles. The molecule has 2 N–H and O–H groups in total. The molecule has 1 heterocycles. The van der Waals surface area contributed by atoms with Gasteiger partial charge in [-0.25, -0.2) is 0 Å². The van der Waals surface area contributed by atoms with Gasteiger partial charge in [0.1, 0.15) is 11.4 Å². The Morgan fingerprint density at radius 3 is 2.81 bits per heavy atom. The molecule has 0 aromatic heterocycles. The topological polar surface area (TPSA) is 35.2 Å². The molecule has 16 heavy (non-hydrogen) atoms. The molecule has 2 heteroatoms. The number of para-hydroxylation sites is 1. The van der Waals surface area contributed by atoms with Crippen molar-refractivity contribution < 1.29 is 4.74 Å². The van der Waals surface area contributed by atoms with E-state index in [2.05, 4.69) is 19.1 Å². The van der Waals surface area contributed by atoms with Gasteiger partial charge < -0.3 is 10.5 Å². The van der Waals surface area contributed by atoms with E-state index < -0.39 is 0 Å². The van der Waals surface area contributed by atoms with Crippen molar-refractivity contribution >= 4 is 0 Å². The average Bonchev–Trinajstić information content (AvgIpc) is 3.13. The molecule has 1 aliphatic carbocycles. The molecule has 2 unspecified atom stereocenters. The summed E-state index contributed by atoms with van der Waals surface area (Å²) in [5, 5.41) is 0. The summed E-state index contributed by atoms with van der Waals surface area (Å²) in [6.07, 6.45) is 4.66. The van der Waals surface area contributed by atoms with Gasteiger partial charge in [-0.05, 0) is 31.2 Å². The highest BCUT2D eigenvalue weighted by Crippen LogP contribution is 2.51. The first-order chi connectivity index (χ1) is 7.75. The van der Waals surface area contributed by atoms with Crippen molar-refractivity contribution in [2.45, 2.75) is 44.2 Å². The lowest BCUT2D eigenvalue weighted by Gasteiger charge is -2.41. The predicted molar refractivity (Wildman–Crippen MR) is 64.4 cm³/mol. The maximum absolute atomic E-state index is 6.28. The van der Waals surface area contributed by atoms with Crippen LogP contribution in [0.1, 0.15) is 44.2 Å². The molecule has 0 bridgehead atoms. The van der Waals surface area contributed by atoms with Crippen molar-refractivity contribution in [3.63, 3.8) is 0 Å². The number of hydrogen-bond donors (Lipinski definition) is 1. The molecule has 0 spiro atoms. The van der Waals surface area contributed by atoms with Crippen LogP contribution in [0.2, 0.25) is 0 Å². The minimum atomic E-state index is 0.0216. The van der Waals surface area contributed by atoms with Crippen LogP contribution in [0.3, 0.4) is 0 Å². The molecule has 3 rings (SSSR count). The molecular weight excluding hydrogens is 198 g/mol. The van der Waals surface area contributed by atoms with Gasteiger partial charge in [0.2, 0.25) is 0 Å². The summed E-state index contributed by atoms with van der Waals surface area (Å²) in [5.41, 5.74) is 7.48. The fraction of sp³-hybridized carbons (Fsp3) is 0.571. The van der Waals surface area contributed by atoms with Crippen molar-refractivity contribution in [3.05, 3.63) is 29.8 Å². The third-order valence-electron chi connectivity index (χ3n) is 4.12. The summed E-state index contributed by atoms with van der Waals surface area (Å²) < 4.78 is 6.28. The highest BCUT2D eigenvalue weighted by Gasteiger charge is 2.49. The van der Waals surface area contributed by atoms with E-state index in [4.69, 9.17) is 10.5 Å². The van der Waals surface area contributed by atoms with Crippen molar-refractivity contribution in [1.82, 2.24) is 0 Å². The maximum Gasteiger partial charge on any atom is 0.124 e. The van der Waals surface area contributed by atoms with E-state index >= 15 is 0 Å². The lowest BCUT2D eigenvalue weighted by Crippen LogP contribution is -2.44. The number of fused-ring (bicyclic) bond motifs is 1. The molecule has 1 saturated carbocycles. The van der Waals surface area contributed by atoms with Crippen LogP contribution in [0.25, 0.3) is 0 Å². The number of hydrogen-bond acceptors (Lipinski definition) is 2. The van der Waals surface area contributed by atoms with Crippen LogP contribution >= 0.6 is 0 Å². The standard InChI is InChI=1S/C14H19NO/c1-2-14(10-7-8-10)9-12(15)11-5-3-4-6-13(11)16-14/h3-6,10,12H,2,7-9,15H2,1H3. The van der Waals surface area contributed by atoms with Crippen LogP contribution < -0.4 is 10.5 Å². The summed E-state index contributed by atoms with van der Waals surface area (Å²) in [6.45, 7) is 2.22. The SMILES string of the molecule is CCC1(C2CC2)CC(N)c2ccccc2O1. The van der Waals surface area contributed by atoms with Crippen molar-refractivity contribution in [1.29, 1.82) is 0 Å². The lowest BCUT2D eigenvalue weighted by molar-refractivity contribution is 0.0107. The zero-order chi connectivity index (χ0) is 11.2. The van der Waals surface area contributed by atoms with Gasteiger partial charge in [0.25, 0.3) is 0 Å². The van der Waals surface area contributed by atoms with Gasteiger partial charge in [-0.3, -0.25) is 0 Å². The largest absolute Gasteiger partial charge is 0.487 e. The van der Waals surface area contributed by atoms with E-state index in [-0.39, 0.29) is 11.6 Å². The Hall–Kier alpha value is -1.02. The van der Waals surface area contributed by atoms with Crippen LogP contribution in [0, 0.1) is 5.92 Å². The molecule has 0 amide bonds. The second-order valence-corrected chi connectivity index (χ2v) is 5.14. The molecule has 0 saturated heterocycles. The van der Waals surface area contributed by atoms with Crippen molar-refractivity contribution in [2.24, 2.45) is 11.7 Å². The fourth-order valence-corrected chi connectivity index (χ4v) is 2.99. The molecular formula is C14H19NO. The first kappa shape index (κ1) is 10.2. The molecule has 1 aromatic rings. The van der Waals surface area contributed by atoms with E-state index in [0.717, 1.165) is 24.5 Å². The summed E-state index contributed by atoms with van der Waals surface area (Å²) in [4.78, 5) is 0. The molecule has 86 valence electrons. The molecule has 0 radical (unpaired) electrons. The van der Waals surface area contributed by atoms with E-state index in [1.54, 1.807) is 0 Å². The second-order valence-electron chi connectivity index (χ2n) is 5.14. The van der Waals surface area contributed by atoms with E-state index in [1.165, 1.54) is 18.4 Å². The average molecular weight is 217 g/mol. The number of benzene rings is 1. The van der Waals surface area contributed by atoms with Gasteiger partial charge in [-0.15, -0.1) is 0 Å². The quantitative estimate of drug-likeness (QED) is 0.826. The minimum absolute atomic E-state index is 0.0216. The minimum Gasteiger partial charge on any atom is -0.487 e. The number of nitrogens with two attached hydrogens (primary N) is 1. The van der Waals surface area contributed by atoms with Gasteiger partial charge in [-0.1, -0.05) is 25.1 Å². The van der Waals surface area contributed by atoms with Crippen molar-refractivity contribution in [2.75, 3.05) is 0 Å². The first-order valence-corrected chi connectivity index (χ1v) is 6.29. The summed E-state index contributed by atoms with van der Waals surface area (Å²) in [7, 11) is 0. The smallest absolute Gasteiger partial charge is 0.124 e. The molecule has 1 fully saturated rings. The van der Waals surface area contributed by atoms with Crippen LogP contribution in [0.4, 0.5) is 0 Å². The monoisotopic (exact) mass is 217 g/mol. The number of rotatable bonds is 2. The van der Waals surface area contributed by atoms with Gasteiger partial charge in [0.15, 0.2) is 0 Å². The van der Waals surface area contributed by atoms with Gasteiger partial charge in [-0.2, -0.15) is 0 Å². The Kier molecular flexibility index (Phi) is 2.21. The Balaban J connectivity index is 1.98. The Morgan fingerprint density at radius 1 is 1.38 bits per heavy atom. The molecule has 2 aliphatic rings. The van der Waals surface area contributed by atoms with Gasteiger partial charge in [0.05, 0.1) is 0 Å². The normalized spacial score (nSPS) is 33.0. The number of ether oxygens (including phenoxy) is 1. The highest BCUT2D eigenvalue weighted by molar-refractivity contribution is 5.39. The Labute approximate surface area is 96.8 Å². The molecule has 2 nitrogen and oxygen atoms in total. The van der Waals surface area contributed by atoms with Gasteiger partial charge in [0, 0.05) is 18.0 Å². The van der Waals surface area contributed by atoms with E-state index in [0.29, 0.717) is 0 Å². The third-order valence-corrected chi connectivity index (χ3v) is 4.12. The van der Waals surface area contributed by atoms with Gasteiger partial charge >= 0.3 is 0 Å². The van der Waals surface area contributed by atoms with Crippen LogP contribution in [0.5, 0.6) is 5.75 Å². The second kappa shape index (κ2) is 3.49. The predicted octanol–water partition coefficient (Wildman–Crippen LogP) is 3.03. The van der Waals surface area contributed by atoms with Crippen LogP contribution in [-0.2, 0) is 0 Å². The third kappa shape index (κ3) is 1.44. The summed E-state index contributed by atoms with van der Waals surface area (Å²) >= 11 is 0. The Bertz CT molecular complexity index is 399. The summed E-state index contributed by atoms with van der Waals surface area (Å²) in [5.74, 6) is 1.74. The first-order valence-electron chi connectivity index (χ1n) is 6.29. The zero-order valence-electron chi connectivity index (χ0n) is 9.78. The van der Waals surface area contributed by atoms with Crippen LogP contribution in [-0.4, -0.2) is 5.60 Å². The Morgan fingerprint density at radius 2 is 2.12 bits per heavy atom. The zero-order valence-corrected chi connectivity index (χ0v) is 9.78. The lowest BCUT2D eigenvalue weighted by atomic mass is 9.82. The van der Waals surface area contributed by atoms with Crippen molar-refractivity contribution in [3.8, 4) is 5.75 Å². The molecule has 1 aromatic carbocycles. The summed E-state index contributed by atoms with van der Waals surface area (Å²) in [6, 6.07) is 8.36. The molecule has 2 atom stereocenters. The van der Waals surface area contributed by atoms with Crippen LogP contribution in [0.15, 0.2) is 24.3 Å². The highest BCUT2D eigenvalue weighted by atomic mass is 16.5. The maximum atomic E-state index is 6.28.